The van der Waals surface area contributed by atoms with Gasteiger partial charge in [-0.3, -0.25) is 19.1 Å². The number of fused-ring (bicyclic) bond motifs is 3. The maximum absolute atomic E-state index is 13.5. The average Bonchev–Trinajstić information content (AvgIpc) is 3.15. The first kappa shape index (κ1) is 34.1. The Bertz CT molecular complexity index is 2120. The molecule has 0 bridgehead atoms. The minimum absolute atomic E-state index is 0.0667. The van der Waals surface area contributed by atoms with Gasteiger partial charge in [-0.15, -0.1) is 0 Å². The Morgan fingerprint density at radius 3 is 2.51 bits per heavy atom. The number of rotatable bonds is 11. The predicted octanol–water partition coefficient (Wildman–Crippen LogP) is 7.26. The molecule has 2 aliphatic heterocycles. The molecule has 0 spiro atoms. The SMILES string of the molecule is COc1ccn(-c2ccc(F)cc2)c(=O)c1C(=O)Nc1ccc(Oc2ccnc3cc(OCCCN4CCCCC4)c4c(c23)OCCO4)cc1Cl. The van der Waals surface area contributed by atoms with Gasteiger partial charge < -0.3 is 33.9 Å². The fourth-order valence-corrected chi connectivity index (χ4v) is 6.51. The molecule has 7 rings (SSSR count). The first-order valence-corrected chi connectivity index (χ1v) is 17.2. The van der Waals surface area contributed by atoms with Gasteiger partial charge in [-0.1, -0.05) is 18.0 Å². The number of benzene rings is 3. The lowest BCUT2D eigenvalue weighted by molar-refractivity contribution is 0.102. The van der Waals surface area contributed by atoms with E-state index in [0.717, 1.165) is 26.1 Å². The highest BCUT2D eigenvalue weighted by molar-refractivity contribution is 6.34. The van der Waals surface area contributed by atoms with Gasteiger partial charge in [0.15, 0.2) is 11.5 Å². The average molecular weight is 715 g/mol. The molecule has 0 unspecified atom stereocenters. The molecular formula is C38H36ClFN4O7. The number of piperidine rings is 1. The van der Waals surface area contributed by atoms with Gasteiger partial charge in [-0.25, -0.2) is 4.39 Å². The fourth-order valence-electron chi connectivity index (χ4n) is 6.30. The minimum atomic E-state index is -0.739. The molecule has 2 aromatic heterocycles. The molecule has 0 saturated carbocycles. The van der Waals surface area contributed by atoms with E-state index in [1.807, 2.05) is 6.07 Å². The van der Waals surface area contributed by atoms with Crippen LogP contribution in [0.2, 0.25) is 5.02 Å². The Kier molecular flexibility index (Phi) is 10.2. The van der Waals surface area contributed by atoms with Crippen LogP contribution in [0.5, 0.6) is 34.5 Å². The number of ether oxygens (including phenoxy) is 5. The summed E-state index contributed by atoms with van der Waals surface area (Å²) in [6, 6.07) is 15.1. The van der Waals surface area contributed by atoms with Crippen molar-refractivity contribution >= 4 is 34.1 Å². The van der Waals surface area contributed by atoms with Crippen molar-refractivity contribution in [2.24, 2.45) is 0 Å². The van der Waals surface area contributed by atoms with Crippen molar-refractivity contribution in [3.8, 4) is 40.2 Å². The van der Waals surface area contributed by atoms with Crippen LogP contribution >= 0.6 is 11.6 Å². The molecule has 1 fully saturated rings. The third-order valence-corrected chi connectivity index (χ3v) is 9.10. The first-order chi connectivity index (χ1) is 24.9. The lowest BCUT2D eigenvalue weighted by atomic mass is 10.1. The number of likely N-dealkylation sites (tertiary alicyclic amines) is 1. The molecule has 51 heavy (non-hydrogen) atoms. The summed E-state index contributed by atoms with van der Waals surface area (Å²) in [6.45, 7) is 4.56. The third-order valence-electron chi connectivity index (χ3n) is 8.79. The number of hydrogen-bond donors (Lipinski definition) is 1. The number of nitrogens with zero attached hydrogens (tertiary/aromatic N) is 3. The van der Waals surface area contributed by atoms with E-state index in [2.05, 4.69) is 15.2 Å². The number of amides is 1. The highest BCUT2D eigenvalue weighted by Gasteiger charge is 2.25. The molecular weight excluding hydrogens is 679 g/mol. The Balaban J connectivity index is 1.10. The lowest BCUT2D eigenvalue weighted by Gasteiger charge is -2.26. The number of methoxy groups -OCH3 is 1. The Labute approximate surface area is 298 Å². The molecule has 1 saturated heterocycles. The number of halogens is 2. The van der Waals surface area contributed by atoms with Gasteiger partial charge in [0.25, 0.3) is 11.5 Å². The molecule has 5 aromatic rings. The molecule has 2 aliphatic rings. The Hall–Kier alpha value is -5.33. The number of nitrogens with one attached hydrogen (secondary N) is 1. The van der Waals surface area contributed by atoms with E-state index in [-0.39, 0.29) is 22.0 Å². The summed E-state index contributed by atoms with van der Waals surface area (Å²) < 4.78 is 44.7. The molecule has 3 aromatic carbocycles. The first-order valence-electron chi connectivity index (χ1n) is 16.8. The maximum Gasteiger partial charge on any atom is 0.271 e. The molecule has 1 N–H and O–H groups in total. The van der Waals surface area contributed by atoms with Crippen molar-refractivity contribution in [1.82, 2.24) is 14.5 Å². The van der Waals surface area contributed by atoms with Crippen molar-refractivity contribution in [2.75, 3.05) is 51.9 Å². The Morgan fingerprint density at radius 1 is 0.961 bits per heavy atom. The summed E-state index contributed by atoms with van der Waals surface area (Å²) in [5, 5.41) is 3.48. The van der Waals surface area contributed by atoms with Crippen molar-refractivity contribution < 1.29 is 32.9 Å². The van der Waals surface area contributed by atoms with Gasteiger partial charge in [0, 0.05) is 36.8 Å². The van der Waals surface area contributed by atoms with Gasteiger partial charge in [0.2, 0.25) is 5.75 Å². The van der Waals surface area contributed by atoms with Crippen LogP contribution in [0.3, 0.4) is 0 Å². The quantitative estimate of drug-likeness (QED) is 0.141. The predicted molar refractivity (Wildman–Crippen MR) is 191 cm³/mol. The van der Waals surface area contributed by atoms with Crippen LogP contribution in [0.15, 0.2) is 77.9 Å². The van der Waals surface area contributed by atoms with E-state index >= 15 is 0 Å². The summed E-state index contributed by atoms with van der Waals surface area (Å²) in [7, 11) is 1.36. The maximum atomic E-state index is 13.5. The van der Waals surface area contributed by atoms with Gasteiger partial charge in [0.1, 0.15) is 41.8 Å². The lowest BCUT2D eigenvalue weighted by Crippen LogP contribution is -2.31. The smallest absolute Gasteiger partial charge is 0.271 e. The highest BCUT2D eigenvalue weighted by atomic mass is 35.5. The zero-order valence-corrected chi connectivity index (χ0v) is 28.7. The summed E-state index contributed by atoms with van der Waals surface area (Å²) in [5.41, 5.74) is 0.330. The van der Waals surface area contributed by atoms with Crippen LogP contribution in [-0.2, 0) is 0 Å². The van der Waals surface area contributed by atoms with Crippen LogP contribution in [-0.4, -0.2) is 66.9 Å². The molecule has 4 heterocycles. The molecule has 13 heteroatoms. The van der Waals surface area contributed by atoms with Crippen LogP contribution in [0, 0.1) is 5.82 Å². The van der Waals surface area contributed by atoms with Gasteiger partial charge in [-0.2, -0.15) is 0 Å². The molecule has 0 radical (unpaired) electrons. The zero-order chi connectivity index (χ0) is 35.3. The fraction of sp³-hybridized carbons (Fsp3) is 0.289. The standard InChI is InChI=1S/C38H36ClFN4O7/c1-47-30-13-18-44(25-8-6-24(40)7-9-25)38(46)34(30)37(45)42-28-11-10-26(22-27(28)39)51-31-12-14-41-29-23-32(35-36(33(29)31)50-21-20-49-35)48-19-5-17-43-15-3-2-4-16-43/h6-14,18,22-23H,2-5,15-17,19-21H2,1H3,(H,42,45). The Morgan fingerprint density at radius 2 is 1.75 bits per heavy atom. The van der Waals surface area contributed by atoms with Crippen LogP contribution < -0.4 is 34.6 Å². The van der Waals surface area contributed by atoms with E-state index in [9.17, 15) is 14.0 Å². The largest absolute Gasteiger partial charge is 0.496 e. The summed E-state index contributed by atoms with van der Waals surface area (Å²) in [4.78, 5) is 33.9. The zero-order valence-electron chi connectivity index (χ0n) is 28.0. The number of anilines is 1. The topological polar surface area (TPSA) is 113 Å². The number of pyridine rings is 2. The van der Waals surface area contributed by atoms with Crippen molar-refractivity contribution in [3.63, 3.8) is 0 Å². The van der Waals surface area contributed by atoms with Gasteiger partial charge >= 0.3 is 0 Å². The van der Waals surface area contributed by atoms with Crippen LogP contribution in [0.1, 0.15) is 36.0 Å². The number of hydrogen-bond acceptors (Lipinski definition) is 9. The third kappa shape index (κ3) is 7.42. The van der Waals surface area contributed by atoms with Gasteiger partial charge in [0.05, 0.1) is 35.3 Å². The van der Waals surface area contributed by atoms with Crippen molar-refractivity contribution in [3.05, 3.63) is 99.8 Å². The van der Waals surface area contributed by atoms with Crippen LogP contribution in [0.4, 0.5) is 10.1 Å². The van der Waals surface area contributed by atoms with Crippen molar-refractivity contribution in [1.29, 1.82) is 0 Å². The number of carbonyl (C=O) groups excluding carboxylic acids is 1. The highest BCUT2D eigenvalue weighted by Crippen LogP contribution is 2.48. The van der Waals surface area contributed by atoms with E-state index in [1.54, 1.807) is 30.5 Å². The van der Waals surface area contributed by atoms with E-state index in [1.165, 1.54) is 67.5 Å². The second kappa shape index (κ2) is 15.3. The molecule has 0 atom stereocenters. The second-order valence-corrected chi connectivity index (χ2v) is 12.6. The van der Waals surface area contributed by atoms with E-state index in [4.69, 9.17) is 35.3 Å². The molecule has 0 aliphatic carbocycles. The molecule has 264 valence electrons. The molecule has 11 nitrogen and oxygen atoms in total. The second-order valence-electron chi connectivity index (χ2n) is 12.1. The number of carbonyl (C=O) groups is 1. The summed E-state index contributed by atoms with van der Waals surface area (Å²) >= 11 is 6.63. The normalized spacial score (nSPS) is 14.3. The van der Waals surface area contributed by atoms with E-state index < -0.39 is 17.3 Å². The van der Waals surface area contributed by atoms with Crippen LogP contribution in [0.25, 0.3) is 16.6 Å². The minimum Gasteiger partial charge on any atom is -0.496 e. The molecule has 1 amide bonds. The van der Waals surface area contributed by atoms with Gasteiger partial charge in [-0.05, 0) is 80.9 Å². The summed E-state index contributed by atoms with van der Waals surface area (Å²) in [5.74, 6) is 1.29. The van der Waals surface area contributed by atoms with Crippen molar-refractivity contribution in [2.45, 2.75) is 25.7 Å². The van der Waals surface area contributed by atoms with E-state index in [0.29, 0.717) is 65.2 Å². The summed E-state index contributed by atoms with van der Waals surface area (Å²) in [6.07, 6.45) is 7.79. The number of aromatic nitrogens is 2. The monoisotopic (exact) mass is 714 g/mol.